The smallest absolute Gasteiger partial charge is 0.315 e. The van der Waals surface area contributed by atoms with Gasteiger partial charge < -0.3 is 26.6 Å². The standard InChI is InChI=1S/C23H32N8OS/c1-5-25-22(32)27-13-16-8-6-7-9-17(16)18-12-19(31-21(30-18)26-11-10-24-4)20-14-28-23(33-20)29-15(2)3/h6-9,12,14-15,24H,5,10-11,13H2,1-4H3,(H,28,29)(H2,25,27,32)(H,26,30,31). The quantitative estimate of drug-likeness (QED) is 0.273. The normalized spacial score (nSPS) is 10.8. The summed E-state index contributed by atoms with van der Waals surface area (Å²) in [5.41, 5.74) is 3.50. The second kappa shape index (κ2) is 12.1. The summed E-state index contributed by atoms with van der Waals surface area (Å²) in [6, 6.07) is 10.0. The second-order valence-corrected chi connectivity index (χ2v) is 8.72. The number of anilines is 2. The second-order valence-electron chi connectivity index (χ2n) is 7.69. The third kappa shape index (κ3) is 7.13. The predicted octanol–water partition coefficient (Wildman–Crippen LogP) is 3.54. The number of thiazole rings is 1. The van der Waals surface area contributed by atoms with Gasteiger partial charge in [0.2, 0.25) is 5.95 Å². The van der Waals surface area contributed by atoms with Gasteiger partial charge >= 0.3 is 6.03 Å². The molecule has 2 heterocycles. The lowest BCUT2D eigenvalue weighted by atomic mass is 10.0. The van der Waals surface area contributed by atoms with E-state index in [2.05, 4.69) is 45.4 Å². The molecule has 0 radical (unpaired) electrons. The molecule has 33 heavy (non-hydrogen) atoms. The van der Waals surface area contributed by atoms with Crippen molar-refractivity contribution in [2.75, 3.05) is 37.3 Å². The van der Waals surface area contributed by atoms with Crippen LogP contribution < -0.4 is 26.6 Å². The van der Waals surface area contributed by atoms with Crippen molar-refractivity contribution in [2.24, 2.45) is 0 Å². The van der Waals surface area contributed by atoms with E-state index in [0.717, 1.165) is 39.1 Å². The molecule has 5 N–H and O–H groups in total. The molecule has 1 aromatic carbocycles. The van der Waals surface area contributed by atoms with Gasteiger partial charge in [-0.2, -0.15) is 0 Å². The zero-order valence-corrected chi connectivity index (χ0v) is 20.3. The van der Waals surface area contributed by atoms with E-state index in [1.165, 1.54) is 0 Å². The van der Waals surface area contributed by atoms with Crippen LogP contribution in [0, 0.1) is 0 Å². The Bertz CT molecular complexity index is 1050. The van der Waals surface area contributed by atoms with Crippen molar-refractivity contribution >= 4 is 28.4 Å². The summed E-state index contributed by atoms with van der Waals surface area (Å²) in [5.74, 6) is 0.552. The van der Waals surface area contributed by atoms with Crippen LogP contribution in [-0.4, -0.2) is 53.7 Å². The molecular weight excluding hydrogens is 436 g/mol. The monoisotopic (exact) mass is 468 g/mol. The Morgan fingerprint density at radius 1 is 1.09 bits per heavy atom. The number of hydrogen-bond donors (Lipinski definition) is 5. The highest BCUT2D eigenvalue weighted by Gasteiger charge is 2.14. The van der Waals surface area contributed by atoms with Crippen molar-refractivity contribution in [3.05, 3.63) is 42.1 Å². The Hall–Kier alpha value is -3.24. The van der Waals surface area contributed by atoms with Gasteiger partial charge in [0.15, 0.2) is 5.13 Å². The molecule has 2 amide bonds. The Labute approximate surface area is 198 Å². The van der Waals surface area contributed by atoms with E-state index in [1.54, 1.807) is 11.3 Å². The number of rotatable bonds is 11. The highest BCUT2D eigenvalue weighted by molar-refractivity contribution is 7.18. The number of aromatic nitrogens is 3. The van der Waals surface area contributed by atoms with E-state index in [4.69, 9.17) is 9.97 Å². The zero-order chi connectivity index (χ0) is 23.6. The van der Waals surface area contributed by atoms with Gasteiger partial charge in [-0.05, 0) is 39.4 Å². The lowest BCUT2D eigenvalue weighted by Gasteiger charge is -2.13. The minimum absolute atomic E-state index is 0.194. The van der Waals surface area contributed by atoms with Crippen LogP contribution in [0.25, 0.3) is 21.8 Å². The van der Waals surface area contributed by atoms with Gasteiger partial charge in [-0.15, -0.1) is 0 Å². The first-order valence-corrected chi connectivity index (χ1v) is 11.9. The van der Waals surface area contributed by atoms with Gasteiger partial charge in [-0.3, -0.25) is 0 Å². The fraction of sp³-hybridized carbons (Fsp3) is 0.391. The molecule has 9 nitrogen and oxygen atoms in total. The summed E-state index contributed by atoms with van der Waals surface area (Å²) in [6.45, 7) is 8.51. The first-order valence-electron chi connectivity index (χ1n) is 11.1. The fourth-order valence-electron chi connectivity index (χ4n) is 3.12. The van der Waals surface area contributed by atoms with Gasteiger partial charge in [-0.25, -0.2) is 19.7 Å². The van der Waals surface area contributed by atoms with Crippen molar-refractivity contribution in [2.45, 2.75) is 33.4 Å². The van der Waals surface area contributed by atoms with E-state index in [-0.39, 0.29) is 6.03 Å². The molecule has 176 valence electrons. The average molecular weight is 469 g/mol. The number of hydrogen-bond acceptors (Lipinski definition) is 8. The summed E-state index contributed by atoms with van der Waals surface area (Å²) in [7, 11) is 1.91. The highest BCUT2D eigenvalue weighted by atomic mass is 32.1. The van der Waals surface area contributed by atoms with Gasteiger partial charge in [-0.1, -0.05) is 35.6 Å². The number of carbonyl (C=O) groups excluding carboxylic acids is 1. The Morgan fingerprint density at radius 3 is 2.64 bits per heavy atom. The molecule has 3 aromatic rings. The van der Waals surface area contributed by atoms with Crippen LogP contribution in [0.15, 0.2) is 36.5 Å². The molecule has 0 atom stereocenters. The molecule has 0 aliphatic heterocycles. The third-order valence-electron chi connectivity index (χ3n) is 4.62. The summed E-state index contributed by atoms with van der Waals surface area (Å²) < 4.78 is 0. The van der Waals surface area contributed by atoms with E-state index in [0.29, 0.717) is 31.6 Å². The third-order valence-corrected chi connectivity index (χ3v) is 5.58. The first-order chi connectivity index (χ1) is 16.0. The van der Waals surface area contributed by atoms with Gasteiger partial charge in [0.25, 0.3) is 0 Å². The summed E-state index contributed by atoms with van der Waals surface area (Å²) >= 11 is 1.56. The lowest BCUT2D eigenvalue weighted by molar-refractivity contribution is 0.241. The maximum Gasteiger partial charge on any atom is 0.315 e. The molecule has 0 spiro atoms. The highest BCUT2D eigenvalue weighted by Crippen LogP contribution is 2.32. The topological polar surface area (TPSA) is 116 Å². The van der Waals surface area contributed by atoms with E-state index in [9.17, 15) is 4.79 Å². The molecule has 0 unspecified atom stereocenters. The maximum atomic E-state index is 11.9. The maximum absolute atomic E-state index is 11.9. The molecule has 0 bridgehead atoms. The molecular formula is C23H32N8OS. The number of amides is 2. The minimum atomic E-state index is -0.194. The molecule has 0 aliphatic carbocycles. The Morgan fingerprint density at radius 2 is 1.88 bits per heavy atom. The summed E-state index contributed by atoms with van der Waals surface area (Å²) in [4.78, 5) is 26.9. The van der Waals surface area contributed by atoms with Crippen LogP contribution in [0.3, 0.4) is 0 Å². The predicted molar refractivity (Wildman–Crippen MR) is 136 cm³/mol. The molecule has 10 heteroatoms. The van der Waals surface area contributed by atoms with Crippen molar-refractivity contribution in [1.29, 1.82) is 0 Å². The largest absolute Gasteiger partial charge is 0.359 e. The number of nitrogens with one attached hydrogen (secondary N) is 5. The van der Waals surface area contributed by atoms with E-state index in [1.807, 2.05) is 50.5 Å². The number of carbonyl (C=O) groups is 1. The molecule has 0 fully saturated rings. The van der Waals surface area contributed by atoms with Gasteiger partial charge in [0.05, 0.1) is 16.3 Å². The van der Waals surface area contributed by atoms with Crippen LogP contribution in [0.2, 0.25) is 0 Å². The molecule has 0 aliphatic rings. The van der Waals surface area contributed by atoms with Crippen LogP contribution in [0.4, 0.5) is 15.9 Å². The SMILES string of the molecule is CCNC(=O)NCc1ccccc1-c1cc(-c2cnc(NC(C)C)s2)nc(NCCNC)n1. The van der Waals surface area contributed by atoms with Crippen molar-refractivity contribution in [3.8, 4) is 21.8 Å². The minimum Gasteiger partial charge on any atom is -0.359 e. The van der Waals surface area contributed by atoms with Gasteiger partial charge in [0.1, 0.15) is 0 Å². The molecule has 0 saturated heterocycles. The lowest BCUT2D eigenvalue weighted by Crippen LogP contribution is -2.34. The van der Waals surface area contributed by atoms with Crippen LogP contribution >= 0.6 is 11.3 Å². The first kappa shape index (κ1) is 24.4. The van der Waals surface area contributed by atoms with E-state index >= 15 is 0 Å². The number of benzene rings is 1. The van der Waals surface area contributed by atoms with Crippen molar-refractivity contribution in [3.63, 3.8) is 0 Å². The van der Waals surface area contributed by atoms with Crippen LogP contribution in [0.1, 0.15) is 26.3 Å². The van der Waals surface area contributed by atoms with Crippen molar-refractivity contribution in [1.82, 2.24) is 30.9 Å². The molecule has 2 aromatic heterocycles. The average Bonchev–Trinajstić information content (AvgIpc) is 3.26. The van der Waals surface area contributed by atoms with E-state index < -0.39 is 0 Å². The fourth-order valence-corrected chi connectivity index (χ4v) is 4.04. The molecule has 3 rings (SSSR count). The molecule has 0 saturated carbocycles. The van der Waals surface area contributed by atoms with Crippen molar-refractivity contribution < 1.29 is 4.79 Å². The van der Waals surface area contributed by atoms with Crippen LogP contribution in [-0.2, 0) is 6.54 Å². The number of likely N-dealkylation sites (N-methyl/N-ethyl adjacent to an activating group) is 1. The Kier molecular flexibility index (Phi) is 8.96. The number of nitrogens with zero attached hydrogens (tertiary/aromatic N) is 3. The zero-order valence-electron chi connectivity index (χ0n) is 19.5. The summed E-state index contributed by atoms with van der Waals surface area (Å²) in [5, 5.41) is 16.3. The summed E-state index contributed by atoms with van der Waals surface area (Å²) in [6.07, 6.45) is 1.83. The van der Waals surface area contributed by atoms with Gasteiger partial charge in [0, 0.05) is 44.0 Å². The number of urea groups is 1. The van der Waals surface area contributed by atoms with Crippen LogP contribution in [0.5, 0.6) is 0 Å². The Balaban J connectivity index is 1.96.